The molecule has 3 N–H and O–H groups in total. The lowest BCUT2D eigenvalue weighted by atomic mass is 10.1. The van der Waals surface area contributed by atoms with Crippen LogP contribution in [-0.4, -0.2) is 14.3 Å². The molecule has 0 bridgehead atoms. The third-order valence-electron chi connectivity index (χ3n) is 4.14. The molecule has 1 amide bonds. The number of nitrogens with two attached hydrogens (primary N) is 1. The van der Waals surface area contributed by atoms with E-state index in [1.165, 1.54) is 12.1 Å². The Bertz CT molecular complexity index is 1080. The van der Waals surface area contributed by atoms with Crippen LogP contribution in [0.4, 0.5) is 5.69 Å². The van der Waals surface area contributed by atoms with Crippen LogP contribution in [0.3, 0.4) is 0 Å². The fourth-order valence-corrected chi connectivity index (χ4v) is 3.69. The van der Waals surface area contributed by atoms with Crippen molar-refractivity contribution in [2.75, 3.05) is 4.72 Å². The highest BCUT2D eigenvalue weighted by atomic mass is 32.2. The van der Waals surface area contributed by atoms with E-state index < -0.39 is 15.9 Å². The van der Waals surface area contributed by atoms with Crippen molar-refractivity contribution >= 4 is 21.6 Å². The van der Waals surface area contributed by atoms with Gasteiger partial charge in [0.25, 0.3) is 10.0 Å². The maximum atomic E-state index is 12.6. The van der Waals surface area contributed by atoms with E-state index in [0.29, 0.717) is 23.6 Å². The molecule has 0 saturated heterocycles. The molecule has 0 aliphatic carbocycles. The van der Waals surface area contributed by atoms with Crippen molar-refractivity contribution in [2.24, 2.45) is 5.73 Å². The molecule has 0 saturated carbocycles. The Morgan fingerprint density at radius 3 is 2.32 bits per heavy atom. The number of primary amides is 1. The van der Waals surface area contributed by atoms with Gasteiger partial charge in [-0.3, -0.25) is 9.52 Å². The Kier molecular flexibility index (Phi) is 5.65. The van der Waals surface area contributed by atoms with E-state index >= 15 is 0 Å². The Balaban J connectivity index is 1.71. The maximum Gasteiger partial charge on any atom is 0.261 e. The van der Waals surface area contributed by atoms with Crippen LogP contribution in [0.1, 0.15) is 21.5 Å². The van der Waals surface area contributed by atoms with Crippen LogP contribution in [0.15, 0.2) is 77.7 Å². The molecule has 6 nitrogen and oxygen atoms in total. The van der Waals surface area contributed by atoms with Crippen LogP contribution in [0.25, 0.3) is 0 Å². The number of aryl methyl sites for hydroxylation is 1. The van der Waals surface area contributed by atoms with Crippen molar-refractivity contribution in [3.05, 3.63) is 89.5 Å². The summed E-state index contributed by atoms with van der Waals surface area (Å²) in [5.41, 5.74) is 7.51. The van der Waals surface area contributed by atoms with Crippen LogP contribution in [-0.2, 0) is 16.6 Å². The summed E-state index contributed by atoms with van der Waals surface area (Å²) in [4.78, 5) is 11.4. The number of anilines is 1. The molecule has 0 heterocycles. The van der Waals surface area contributed by atoms with Gasteiger partial charge in [-0.2, -0.15) is 0 Å². The summed E-state index contributed by atoms with van der Waals surface area (Å²) in [6, 6.07) is 20.6. The summed E-state index contributed by atoms with van der Waals surface area (Å²) >= 11 is 0. The highest BCUT2D eigenvalue weighted by molar-refractivity contribution is 7.92. The van der Waals surface area contributed by atoms with Gasteiger partial charge in [0, 0.05) is 11.3 Å². The van der Waals surface area contributed by atoms with E-state index in [-0.39, 0.29) is 10.5 Å². The summed E-state index contributed by atoms with van der Waals surface area (Å²) in [7, 11) is -3.85. The molecule has 0 unspecified atom stereocenters. The fraction of sp³-hybridized carbons (Fsp3) is 0.0952. The summed E-state index contributed by atoms with van der Waals surface area (Å²) in [5, 5.41) is 0. The highest BCUT2D eigenvalue weighted by Crippen LogP contribution is 2.22. The number of carbonyl (C=O) groups is 1. The van der Waals surface area contributed by atoms with Gasteiger partial charge in [-0.1, -0.05) is 36.4 Å². The molecule has 0 aliphatic heterocycles. The van der Waals surface area contributed by atoms with E-state index in [4.69, 9.17) is 10.5 Å². The maximum absolute atomic E-state index is 12.6. The number of ether oxygens (including phenoxy) is 1. The van der Waals surface area contributed by atoms with Gasteiger partial charge in [-0.05, 0) is 54.4 Å². The quantitative estimate of drug-likeness (QED) is 0.639. The zero-order chi connectivity index (χ0) is 20.1. The molecular weight excluding hydrogens is 376 g/mol. The average molecular weight is 396 g/mol. The molecule has 3 aromatic rings. The largest absolute Gasteiger partial charge is 0.489 e. The first-order chi connectivity index (χ1) is 13.3. The van der Waals surface area contributed by atoms with Gasteiger partial charge in [0.1, 0.15) is 12.4 Å². The Morgan fingerprint density at radius 1 is 1.00 bits per heavy atom. The molecule has 0 radical (unpaired) electrons. The number of rotatable bonds is 7. The van der Waals surface area contributed by atoms with Crippen molar-refractivity contribution in [3.8, 4) is 5.75 Å². The summed E-state index contributed by atoms with van der Waals surface area (Å²) in [6.07, 6.45) is 0. The van der Waals surface area contributed by atoms with Gasteiger partial charge in [-0.15, -0.1) is 0 Å². The molecule has 0 spiro atoms. The molecule has 144 valence electrons. The molecular formula is C21H20N2O4S. The predicted molar refractivity (Wildman–Crippen MR) is 108 cm³/mol. The third kappa shape index (κ3) is 4.69. The zero-order valence-corrected chi connectivity index (χ0v) is 16.1. The van der Waals surface area contributed by atoms with Crippen LogP contribution >= 0.6 is 0 Å². The van der Waals surface area contributed by atoms with Crippen molar-refractivity contribution in [1.82, 2.24) is 0 Å². The summed E-state index contributed by atoms with van der Waals surface area (Å²) in [5.74, 6) is -0.0485. The van der Waals surface area contributed by atoms with Crippen LogP contribution in [0.2, 0.25) is 0 Å². The number of hydrogen-bond acceptors (Lipinski definition) is 4. The van der Waals surface area contributed by atoms with Crippen LogP contribution in [0, 0.1) is 6.92 Å². The Morgan fingerprint density at radius 2 is 1.68 bits per heavy atom. The van der Waals surface area contributed by atoms with Gasteiger partial charge >= 0.3 is 0 Å². The lowest BCUT2D eigenvalue weighted by Crippen LogP contribution is -2.17. The molecule has 0 aromatic heterocycles. The van der Waals surface area contributed by atoms with Crippen molar-refractivity contribution in [2.45, 2.75) is 18.4 Å². The molecule has 0 atom stereocenters. The molecule has 3 rings (SSSR count). The van der Waals surface area contributed by atoms with Crippen LogP contribution in [0.5, 0.6) is 5.75 Å². The van der Waals surface area contributed by atoms with E-state index in [1.807, 2.05) is 30.3 Å². The van der Waals surface area contributed by atoms with Gasteiger partial charge < -0.3 is 10.5 Å². The second-order valence-corrected chi connectivity index (χ2v) is 7.93. The van der Waals surface area contributed by atoms with Crippen molar-refractivity contribution in [1.29, 1.82) is 0 Å². The van der Waals surface area contributed by atoms with Gasteiger partial charge in [0.15, 0.2) is 0 Å². The molecule has 28 heavy (non-hydrogen) atoms. The number of sulfonamides is 1. The monoisotopic (exact) mass is 396 g/mol. The lowest BCUT2D eigenvalue weighted by molar-refractivity contribution is 0.0999. The Hall–Kier alpha value is -3.32. The smallest absolute Gasteiger partial charge is 0.261 e. The minimum atomic E-state index is -3.85. The minimum absolute atomic E-state index is 0.0312. The minimum Gasteiger partial charge on any atom is -0.489 e. The lowest BCUT2D eigenvalue weighted by Gasteiger charge is -2.11. The average Bonchev–Trinajstić information content (AvgIpc) is 2.68. The number of hydrogen-bond donors (Lipinski definition) is 2. The second-order valence-electron chi connectivity index (χ2n) is 6.25. The van der Waals surface area contributed by atoms with Crippen LogP contribution < -0.4 is 15.2 Å². The van der Waals surface area contributed by atoms with Gasteiger partial charge in [0.2, 0.25) is 5.91 Å². The SMILES string of the molecule is Cc1ccc(S(=O)(=O)Nc2ccc(OCc3ccccc3)cc2)cc1C(N)=O. The molecule has 3 aromatic carbocycles. The zero-order valence-electron chi connectivity index (χ0n) is 15.3. The number of benzene rings is 3. The third-order valence-corrected chi connectivity index (χ3v) is 5.52. The Labute approximate surface area is 164 Å². The van der Waals surface area contributed by atoms with E-state index in [0.717, 1.165) is 5.56 Å². The second kappa shape index (κ2) is 8.14. The van der Waals surface area contributed by atoms with Crippen molar-refractivity contribution in [3.63, 3.8) is 0 Å². The first-order valence-corrected chi connectivity index (χ1v) is 10.0. The molecule has 0 fully saturated rings. The normalized spacial score (nSPS) is 11.0. The van der Waals surface area contributed by atoms with E-state index in [9.17, 15) is 13.2 Å². The summed E-state index contributed by atoms with van der Waals surface area (Å²) in [6.45, 7) is 2.11. The standard InChI is InChI=1S/C21H20N2O4S/c1-15-7-12-19(13-20(15)21(22)24)28(25,26)23-17-8-10-18(11-9-17)27-14-16-5-3-2-4-6-16/h2-13,23H,14H2,1H3,(H2,22,24). The van der Waals surface area contributed by atoms with E-state index in [2.05, 4.69) is 4.72 Å². The van der Waals surface area contributed by atoms with Gasteiger partial charge in [0.05, 0.1) is 4.90 Å². The van der Waals surface area contributed by atoms with Crippen molar-refractivity contribution < 1.29 is 17.9 Å². The number of amides is 1. The fourth-order valence-electron chi connectivity index (χ4n) is 2.61. The first kappa shape index (κ1) is 19.4. The molecule has 0 aliphatic rings. The highest BCUT2D eigenvalue weighted by Gasteiger charge is 2.17. The van der Waals surface area contributed by atoms with E-state index in [1.54, 1.807) is 37.3 Å². The summed E-state index contributed by atoms with van der Waals surface area (Å²) < 4.78 is 33.4. The first-order valence-electron chi connectivity index (χ1n) is 8.55. The topological polar surface area (TPSA) is 98.5 Å². The molecule has 7 heteroatoms. The van der Waals surface area contributed by atoms with Gasteiger partial charge in [-0.25, -0.2) is 8.42 Å². The number of carbonyl (C=O) groups excluding carboxylic acids is 1. The number of nitrogens with one attached hydrogen (secondary N) is 1. The predicted octanol–water partition coefficient (Wildman–Crippen LogP) is 3.47.